The summed E-state index contributed by atoms with van der Waals surface area (Å²) in [5.74, 6) is 0.906. The molecule has 0 saturated heterocycles. The van der Waals surface area contributed by atoms with E-state index in [4.69, 9.17) is 4.18 Å². The normalized spacial score (nSPS) is 33.8. The highest BCUT2D eigenvalue weighted by molar-refractivity contribution is 7.86. The Morgan fingerprint density at radius 1 is 1.24 bits per heavy atom. The van der Waals surface area contributed by atoms with E-state index in [0.29, 0.717) is 11.8 Å². The monoisotopic (exact) mass is 366 g/mol. The Hall–Kier alpha value is -0.910. The van der Waals surface area contributed by atoms with E-state index in [0.717, 1.165) is 37.7 Å². The summed E-state index contributed by atoms with van der Waals surface area (Å²) in [6.45, 7) is 6.50. The maximum absolute atomic E-state index is 12.4. The fourth-order valence-electron chi connectivity index (χ4n) is 5.21. The molecule has 3 rings (SSSR count). The van der Waals surface area contributed by atoms with Gasteiger partial charge in [-0.15, -0.1) is 0 Å². The molecule has 2 aliphatic rings. The molecule has 4 nitrogen and oxygen atoms in total. The van der Waals surface area contributed by atoms with Crippen LogP contribution in [0.2, 0.25) is 0 Å². The highest BCUT2D eigenvalue weighted by Gasteiger charge is 2.52. The van der Waals surface area contributed by atoms with Crippen LogP contribution in [0.5, 0.6) is 0 Å². The first-order valence-corrected chi connectivity index (χ1v) is 10.8. The molecule has 0 spiro atoms. The van der Waals surface area contributed by atoms with Crippen LogP contribution in [0.15, 0.2) is 29.2 Å². The number of aliphatic hydroxyl groups excluding tert-OH is 1. The first kappa shape index (κ1) is 18.9. The van der Waals surface area contributed by atoms with E-state index in [1.807, 2.05) is 6.92 Å². The molecule has 140 valence electrons. The average Bonchev–Trinajstić information content (AvgIpc) is 2.92. The molecule has 5 heteroatoms. The summed E-state index contributed by atoms with van der Waals surface area (Å²) in [5, 5.41) is 10.3. The van der Waals surface area contributed by atoms with Crippen LogP contribution in [0.3, 0.4) is 0 Å². The largest absolute Gasteiger partial charge is 0.393 e. The van der Waals surface area contributed by atoms with Crippen molar-refractivity contribution in [3.8, 4) is 0 Å². The molecule has 0 bridgehead atoms. The van der Waals surface area contributed by atoms with Crippen LogP contribution in [0.1, 0.15) is 51.5 Å². The highest BCUT2D eigenvalue weighted by Crippen LogP contribution is 2.57. The third kappa shape index (κ3) is 3.64. The van der Waals surface area contributed by atoms with E-state index in [1.165, 1.54) is 0 Å². The molecular weight excluding hydrogens is 336 g/mol. The minimum Gasteiger partial charge on any atom is -0.393 e. The Morgan fingerprint density at radius 3 is 2.60 bits per heavy atom. The number of aryl methyl sites for hydroxylation is 1. The molecule has 1 N–H and O–H groups in total. The molecule has 0 heterocycles. The maximum atomic E-state index is 12.4. The first-order valence-electron chi connectivity index (χ1n) is 9.38. The third-order valence-corrected chi connectivity index (χ3v) is 7.94. The molecule has 1 aromatic rings. The van der Waals surface area contributed by atoms with Crippen molar-refractivity contribution in [1.29, 1.82) is 0 Å². The topological polar surface area (TPSA) is 63.6 Å². The Morgan fingerprint density at radius 2 is 1.92 bits per heavy atom. The molecule has 1 unspecified atom stereocenters. The summed E-state index contributed by atoms with van der Waals surface area (Å²) in [5.41, 5.74) is 1.13. The van der Waals surface area contributed by atoms with Gasteiger partial charge in [-0.05, 0) is 67.9 Å². The van der Waals surface area contributed by atoms with E-state index in [9.17, 15) is 13.5 Å². The zero-order valence-corrected chi connectivity index (χ0v) is 16.3. The molecule has 25 heavy (non-hydrogen) atoms. The quantitative estimate of drug-likeness (QED) is 0.803. The van der Waals surface area contributed by atoms with Crippen LogP contribution in [0.25, 0.3) is 0 Å². The van der Waals surface area contributed by atoms with Gasteiger partial charge in [0.25, 0.3) is 10.1 Å². The van der Waals surface area contributed by atoms with E-state index < -0.39 is 10.1 Å². The predicted molar refractivity (Wildman–Crippen MR) is 97.7 cm³/mol. The van der Waals surface area contributed by atoms with Gasteiger partial charge in [-0.1, -0.05) is 38.0 Å². The lowest BCUT2D eigenvalue weighted by Gasteiger charge is -2.45. The van der Waals surface area contributed by atoms with Crippen molar-refractivity contribution in [3.63, 3.8) is 0 Å². The Bertz CT molecular complexity index is 697. The van der Waals surface area contributed by atoms with E-state index in [1.54, 1.807) is 24.3 Å². The second-order valence-electron chi connectivity index (χ2n) is 8.28. The van der Waals surface area contributed by atoms with Gasteiger partial charge in [0.05, 0.1) is 17.6 Å². The standard InChI is InChI=1S/C20H30O4S/c1-14-6-8-16(9-7-14)25(22,23)24-13-15(2)17-10-11-18-19(21)5-4-12-20(17,18)3/h6-9,15,17-19,21H,4-5,10-13H2,1-3H3/t15-,17-,18+,19?,20-/m1/s1. The molecule has 0 amide bonds. The summed E-state index contributed by atoms with van der Waals surface area (Å²) in [7, 11) is -3.71. The highest BCUT2D eigenvalue weighted by atomic mass is 32.2. The van der Waals surface area contributed by atoms with Gasteiger partial charge < -0.3 is 5.11 Å². The second kappa shape index (κ2) is 7.01. The van der Waals surface area contributed by atoms with Gasteiger partial charge in [-0.2, -0.15) is 8.42 Å². The van der Waals surface area contributed by atoms with Gasteiger partial charge >= 0.3 is 0 Å². The average molecular weight is 367 g/mol. The number of rotatable bonds is 5. The number of fused-ring (bicyclic) bond motifs is 1. The van der Waals surface area contributed by atoms with E-state index >= 15 is 0 Å². The van der Waals surface area contributed by atoms with Gasteiger partial charge in [0.1, 0.15) is 0 Å². The van der Waals surface area contributed by atoms with Crippen molar-refractivity contribution in [2.24, 2.45) is 23.2 Å². The van der Waals surface area contributed by atoms with Crippen LogP contribution in [-0.4, -0.2) is 26.2 Å². The summed E-state index contributed by atoms with van der Waals surface area (Å²) in [6.07, 6.45) is 4.96. The van der Waals surface area contributed by atoms with Crippen LogP contribution in [0.4, 0.5) is 0 Å². The number of benzene rings is 1. The van der Waals surface area contributed by atoms with Crippen LogP contribution < -0.4 is 0 Å². The SMILES string of the molecule is Cc1ccc(S(=O)(=O)OC[C@@H](C)[C@H]2CC[C@H]3C(O)CCC[C@]23C)cc1. The van der Waals surface area contributed by atoms with Gasteiger partial charge in [-0.25, -0.2) is 0 Å². The minimum absolute atomic E-state index is 0.105. The summed E-state index contributed by atoms with van der Waals surface area (Å²) >= 11 is 0. The molecule has 0 radical (unpaired) electrons. The van der Waals surface area contributed by atoms with Crippen LogP contribution in [0, 0.1) is 30.1 Å². The molecule has 1 aromatic carbocycles. The molecular formula is C20H30O4S. The molecule has 0 aliphatic heterocycles. The van der Waals surface area contributed by atoms with Crippen LogP contribution >= 0.6 is 0 Å². The predicted octanol–water partition coefficient (Wildman–Crippen LogP) is 3.91. The Labute approximate surface area is 151 Å². The summed E-state index contributed by atoms with van der Waals surface area (Å²) in [4.78, 5) is 0.217. The summed E-state index contributed by atoms with van der Waals surface area (Å²) in [6, 6.07) is 6.76. The first-order chi connectivity index (χ1) is 11.7. The van der Waals surface area contributed by atoms with Crippen molar-refractivity contribution < 1.29 is 17.7 Å². The number of hydrogen-bond donors (Lipinski definition) is 1. The van der Waals surface area contributed by atoms with E-state index in [-0.39, 0.29) is 28.9 Å². The molecule has 5 atom stereocenters. The van der Waals surface area contributed by atoms with Gasteiger partial charge in [0, 0.05) is 0 Å². The zero-order valence-electron chi connectivity index (χ0n) is 15.4. The van der Waals surface area contributed by atoms with Crippen molar-refractivity contribution in [2.75, 3.05) is 6.61 Å². The number of aliphatic hydroxyl groups is 1. The van der Waals surface area contributed by atoms with E-state index in [2.05, 4.69) is 13.8 Å². The Balaban J connectivity index is 1.66. The molecule has 2 aliphatic carbocycles. The lowest BCUT2D eigenvalue weighted by molar-refractivity contribution is -0.0307. The lowest BCUT2D eigenvalue weighted by atomic mass is 9.62. The van der Waals surface area contributed by atoms with Crippen LogP contribution in [-0.2, 0) is 14.3 Å². The fraction of sp³-hybridized carbons (Fsp3) is 0.700. The van der Waals surface area contributed by atoms with Gasteiger partial charge in [0.2, 0.25) is 0 Å². The second-order valence-corrected chi connectivity index (χ2v) is 9.90. The third-order valence-electron chi connectivity index (χ3n) is 6.65. The van der Waals surface area contributed by atoms with Gasteiger partial charge in [0.15, 0.2) is 0 Å². The lowest BCUT2D eigenvalue weighted by Crippen LogP contribution is -2.42. The zero-order chi connectivity index (χ0) is 18.2. The van der Waals surface area contributed by atoms with Crippen molar-refractivity contribution in [1.82, 2.24) is 0 Å². The minimum atomic E-state index is -3.71. The molecule has 2 fully saturated rings. The molecule has 2 saturated carbocycles. The van der Waals surface area contributed by atoms with Gasteiger partial charge in [-0.3, -0.25) is 4.18 Å². The smallest absolute Gasteiger partial charge is 0.296 e. The summed E-state index contributed by atoms with van der Waals surface area (Å²) < 4.78 is 30.2. The van der Waals surface area contributed by atoms with Crippen molar-refractivity contribution in [3.05, 3.63) is 29.8 Å². The maximum Gasteiger partial charge on any atom is 0.296 e. The van der Waals surface area contributed by atoms with Crippen molar-refractivity contribution >= 4 is 10.1 Å². The Kier molecular flexibility index (Phi) is 5.29. The fourth-order valence-corrected chi connectivity index (χ4v) is 6.21. The van der Waals surface area contributed by atoms with Crippen molar-refractivity contribution in [2.45, 2.75) is 63.9 Å². The number of hydrogen-bond acceptors (Lipinski definition) is 4. The molecule has 0 aromatic heterocycles.